The van der Waals surface area contributed by atoms with Crippen molar-refractivity contribution in [2.75, 3.05) is 13.7 Å². The molecule has 1 aromatic carbocycles. The van der Waals surface area contributed by atoms with E-state index in [1.807, 2.05) is 0 Å². The van der Waals surface area contributed by atoms with Gasteiger partial charge in [-0.25, -0.2) is 0 Å². The standard InChI is InChI=1S/C12H15BrClNO2/c1-12(2,7-16)15(3)11(17)9-5-4-8(13)6-10(9)14/h4-6,16H,7H2,1-3H3. The second-order valence-electron chi connectivity index (χ2n) is 4.46. The molecular formula is C12H15BrClNO2. The summed E-state index contributed by atoms with van der Waals surface area (Å²) in [7, 11) is 1.65. The number of nitrogens with zero attached hydrogens (tertiary/aromatic N) is 1. The molecule has 0 radical (unpaired) electrons. The van der Waals surface area contributed by atoms with Gasteiger partial charge >= 0.3 is 0 Å². The number of benzene rings is 1. The summed E-state index contributed by atoms with van der Waals surface area (Å²) in [6.45, 7) is 3.47. The van der Waals surface area contributed by atoms with E-state index in [-0.39, 0.29) is 12.5 Å². The molecule has 0 atom stereocenters. The Morgan fingerprint density at radius 3 is 2.59 bits per heavy atom. The third-order valence-electron chi connectivity index (χ3n) is 2.76. The third kappa shape index (κ3) is 3.21. The van der Waals surface area contributed by atoms with Gasteiger partial charge in [0.15, 0.2) is 0 Å². The first-order valence-electron chi connectivity index (χ1n) is 5.13. The van der Waals surface area contributed by atoms with Crippen LogP contribution < -0.4 is 0 Å². The average molecular weight is 321 g/mol. The molecule has 0 fully saturated rings. The molecular weight excluding hydrogens is 305 g/mol. The van der Waals surface area contributed by atoms with E-state index >= 15 is 0 Å². The molecule has 3 nitrogen and oxygen atoms in total. The molecule has 0 bridgehead atoms. The quantitative estimate of drug-likeness (QED) is 0.930. The fourth-order valence-corrected chi connectivity index (χ4v) is 1.98. The molecule has 94 valence electrons. The molecule has 5 heteroatoms. The van der Waals surface area contributed by atoms with Crippen molar-refractivity contribution in [1.29, 1.82) is 0 Å². The maximum absolute atomic E-state index is 12.2. The molecule has 0 spiro atoms. The van der Waals surface area contributed by atoms with E-state index in [1.165, 1.54) is 4.90 Å². The molecule has 1 N–H and O–H groups in total. The monoisotopic (exact) mass is 319 g/mol. The van der Waals surface area contributed by atoms with Crippen LogP contribution in [-0.2, 0) is 0 Å². The summed E-state index contributed by atoms with van der Waals surface area (Å²) in [4.78, 5) is 13.7. The van der Waals surface area contributed by atoms with Gasteiger partial charge in [-0.3, -0.25) is 4.79 Å². The minimum atomic E-state index is -0.618. The van der Waals surface area contributed by atoms with Crippen LogP contribution in [0, 0.1) is 0 Å². The Kier molecular flexibility index (Phi) is 4.58. The van der Waals surface area contributed by atoms with Crippen molar-refractivity contribution in [3.8, 4) is 0 Å². The molecule has 0 saturated carbocycles. The first-order valence-corrected chi connectivity index (χ1v) is 6.31. The summed E-state index contributed by atoms with van der Waals surface area (Å²) < 4.78 is 0.822. The van der Waals surface area contributed by atoms with Crippen molar-refractivity contribution >= 4 is 33.4 Å². The van der Waals surface area contributed by atoms with Crippen LogP contribution in [0.3, 0.4) is 0 Å². The van der Waals surface area contributed by atoms with Gasteiger partial charge in [0.2, 0.25) is 0 Å². The largest absolute Gasteiger partial charge is 0.394 e. The lowest BCUT2D eigenvalue weighted by Gasteiger charge is -2.34. The highest BCUT2D eigenvalue weighted by Gasteiger charge is 2.28. The predicted octanol–water partition coefficient (Wildman–Crippen LogP) is 2.95. The van der Waals surface area contributed by atoms with Gasteiger partial charge in [0, 0.05) is 11.5 Å². The molecule has 1 amide bonds. The third-order valence-corrected chi connectivity index (χ3v) is 3.57. The van der Waals surface area contributed by atoms with Gasteiger partial charge in [0.05, 0.1) is 22.7 Å². The lowest BCUT2D eigenvalue weighted by molar-refractivity contribution is 0.0473. The number of aliphatic hydroxyl groups is 1. The van der Waals surface area contributed by atoms with E-state index in [0.717, 1.165) is 4.47 Å². The van der Waals surface area contributed by atoms with Crippen LogP contribution in [0.15, 0.2) is 22.7 Å². The van der Waals surface area contributed by atoms with Crippen molar-refractivity contribution in [2.45, 2.75) is 19.4 Å². The Hall–Kier alpha value is -0.580. The van der Waals surface area contributed by atoms with Gasteiger partial charge in [-0.05, 0) is 32.0 Å². The molecule has 1 rings (SSSR count). The topological polar surface area (TPSA) is 40.5 Å². The molecule has 0 unspecified atom stereocenters. The lowest BCUT2D eigenvalue weighted by atomic mass is 10.0. The maximum atomic E-state index is 12.2. The number of hydrogen-bond donors (Lipinski definition) is 1. The second kappa shape index (κ2) is 5.38. The van der Waals surface area contributed by atoms with Crippen molar-refractivity contribution in [1.82, 2.24) is 4.90 Å². The zero-order valence-corrected chi connectivity index (χ0v) is 12.3. The molecule has 0 aliphatic heterocycles. The molecule has 0 aromatic heterocycles. The van der Waals surface area contributed by atoms with Crippen LogP contribution in [0.4, 0.5) is 0 Å². The van der Waals surface area contributed by atoms with Gasteiger partial charge in [-0.2, -0.15) is 0 Å². The van der Waals surface area contributed by atoms with Gasteiger partial charge in [-0.1, -0.05) is 27.5 Å². The minimum absolute atomic E-state index is 0.108. The van der Waals surface area contributed by atoms with Crippen LogP contribution in [0.5, 0.6) is 0 Å². The first-order chi connectivity index (χ1) is 7.79. The van der Waals surface area contributed by atoms with Crippen molar-refractivity contribution < 1.29 is 9.90 Å². The summed E-state index contributed by atoms with van der Waals surface area (Å²) in [5.41, 5.74) is -0.188. The van der Waals surface area contributed by atoms with Crippen LogP contribution in [0.1, 0.15) is 24.2 Å². The highest BCUT2D eigenvalue weighted by atomic mass is 79.9. The summed E-state index contributed by atoms with van der Waals surface area (Å²) in [5, 5.41) is 9.63. The lowest BCUT2D eigenvalue weighted by Crippen LogP contribution is -2.47. The maximum Gasteiger partial charge on any atom is 0.255 e. The Morgan fingerprint density at radius 1 is 1.53 bits per heavy atom. The molecule has 0 heterocycles. The SMILES string of the molecule is CN(C(=O)c1ccc(Br)cc1Cl)C(C)(C)CO. The van der Waals surface area contributed by atoms with E-state index in [1.54, 1.807) is 39.1 Å². The van der Waals surface area contributed by atoms with Crippen molar-refractivity contribution in [3.05, 3.63) is 33.3 Å². The van der Waals surface area contributed by atoms with Crippen LogP contribution in [0.2, 0.25) is 5.02 Å². The zero-order chi connectivity index (χ0) is 13.2. The van der Waals surface area contributed by atoms with E-state index < -0.39 is 5.54 Å². The molecule has 0 saturated heterocycles. The van der Waals surface area contributed by atoms with E-state index in [4.69, 9.17) is 11.6 Å². The van der Waals surface area contributed by atoms with Crippen LogP contribution in [0.25, 0.3) is 0 Å². The fraction of sp³-hybridized carbons (Fsp3) is 0.417. The van der Waals surface area contributed by atoms with Crippen LogP contribution in [-0.4, -0.2) is 35.1 Å². The first kappa shape index (κ1) is 14.5. The van der Waals surface area contributed by atoms with Crippen molar-refractivity contribution in [3.63, 3.8) is 0 Å². The average Bonchev–Trinajstić information content (AvgIpc) is 2.27. The zero-order valence-electron chi connectivity index (χ0n) is 10.00. The number of likely N-dealkylation sites (N-methyl/N-ethyl adjacent to an activating group) is 1. The van der Waals surface area contributed by atoms with Crippen molar-refractivity contribution in [2.24, 2.45) is 0 Å². The fourth-order valence-electron chi connectivity index (χ4n) is 1.22. The Bertz CT molecular complexity index is 435. The molecule has 17 heavy (non-hydrogen) atoms. The van der Waals surface area contributed by atoms with Crippen LogP contribution >= 0.6 is 27.5 Å². The number of hydrogen-bond acceptors (Lipinski definition) is 2. The predicted molar refractivity (Wildman–Crippen MR) is 72.4 cm³/mol. The number of aliphatic hydroxyl groups excluding tert-OH is 1. The minimum Gasteiger partial charge on any atom is -0.394 e. The molecule has 1 aromatic rings. The molecule has 0 aliphatic rings. The summed E-state index contributed by atoms with van der Waals surface area (Å²) in [6.07, 6.45) is 0. The Labute approximate surface area is 115 Å². The van der Waals surface area contributed by atoms with E-state index in [2.05, 4.69) is 15.9 Å². The summed E-state index contributed by atoms with van der Waals surface area (Å²) >= 11 is 9.31. The van der Waals surface area contributed by atoms with Gasteiger partial charge in [0.25, 0.3) is 5.91 Å². The highest BCUT2D eigenvalue weighted by molar-refractivity contribution is 9.10. The summed E-state index contributed by atoms with van der Waals surface area (Å²) in [5.74, 6) is -0.207. The summed E-state index contributed by atoms with van der Waals surface area (Å²) in [6, 6.07) is 5.10. The number of carbonyl (C=O) groups is 1. The second-order valence-corrected chi connectivity index (χ2v) is 5.78. The van der Waals surface area contributed by atoms with E-state index in [9.17, 15) is 9.90 Å². The Morgan fingerprint density at radius 2 is 2.12 bits per heavy atom. The number of rotatable bonds is 3. The molecule has 0 aliphatic carbocycles. The highest BCUT2D eigenvalue weighted by Crippen LogP contribution is 2.24. The Balaban J connectivity index is 3.05. The number of halogens is 2. The van der Waals surface area contributed by atoms with Gasteiger partial charge in [-0.15, -0.1) is 0 Å². The normalized spacial score (nSPS) is 11.4. The number of amides is 1. The van der Waals surface area contributed by atoms with E-state index in [0.29, 0.717) is 10.6 Å². The smallest absolute Gasteiger partial charge is 0.255 e. The van der Waals surface area contributed by atoms with Gasteiger partial charge < -0.3 is 10.0 Å². The number of carbonyl (C=O) groups excluding carboxylic acids is 1. The van der Waals surface area contributed by atoms with Gasteiger partial charge in [0.1, 0.15) is 0 Å².